The minimum atomic E-state index is 0.00670. The van der Waals surface area contributed by atoms with Gasteiger partial charge in [-0.3, -0.25) is 9.69 Å². The molecule has 0 saturated carbocycles. The second-order valence-electron chi connectivity index (χ2n) is 7.60. The third-order valence-electron chi connectivity index (χ3n) is 5.17. The van der Waals surface area contributed by atoms with Crippen LogP contribution in [0.25, 0.3) is 0 Å². The summed E-state index contributed by atoms with van der Waals surface area (Å²) in [5.74, 6) is 0.230. The molecule has 1 fully saturated rings. The first-order chi connectivity index (χ1) is 12.8. The van der Waals surface area contributed by atoms with Gasteiger partial charge in [-0.1, -0.05) is 29.3 Å². The van der Waals surface area contributed by atoms with Crippen LogP contribution in [0.2, 0.25) is 5.02 Å². The summed E-state index contributed by atoms with van der Waals surface area (Å²) < 4.78 is 0. The number of rotatable bonds is 4. The number of halogens is 1. The number of likely N-dealkylation sites (tertiary alicyclic amines) is 1. The number of aryl methyl sites for hydroxylation is 3. The molecular weight excluding hydrogens is 360 g/mol. The monoisotopic (exact) mass is 386 g/mol. The molecule has 0 aliphatic carbocycles. The second kappa shape index (κ2) is 8.32. The van der Waals surface area contributed by atoms with Gasteiger partial charge >= 0.3 is 0 Å². The number of amides is 1. The van der Waals surface area contributed by atoms with Crippen LogP contribution in [-0.2, 0) is 6.54 Å². The number of hydrogen-bond donors (Lipinski definition) is 2. The van der Waals surface area contributed by atoms with Crippen molar-refractivity contribution < 1.29 is 9.90 Å². The van der Waals surface area contributed by atoms with E-state index in [0.717, 1.165) is 48.2 Å². The van der Waals surface area contributed by atoms with Crippen LogP contribution in [0.1, 0.15) is 45.5 Å². The molecule has 2 aromatic carbocycles. The molecule has 1 heterocycles. The maximum Gasteiger partial charge on any atom is 0.252 e. The molecule has 1 aliphatic rings. The summed E-state index contributed by atoms with van der Waals surface area (Å²) in [6.45, 7) is 8.44. The standard InChI is InChI=1S/C22H27ClN2O2/c1-14-9-15(2)21(16(3)10-14)22(27)24-18-5-4-8-25(13-18)12-17-11-19(26)6-7-20(17)23/h6-7,9-11,18,26H,4-5,8,12-13H2,1-3H3,(H,24,27)/t18-/m0/s1. The Morgan fingerprint density at radius 2 is 1.93 bits per heavy atom. The van der Waals surface area contributed by atoms with E-state index < -0.39 is 0 Å². The zero-order valence-electron chi connectivity index (χ0n) is 16.2. The summed E-state index contributed by atoms with van der Waals surface area (Å²) in [5, 5.41) is 13.6. The molecule has 0 spiro atoms. The van der Waals surface area contributed by atoms with Gasteiger partial charge in [-0.15, -0.1) is 0 Å². The lowest BCUT2D eigenvalue weighted by molar-refractivity contribution is 0.0899. The van der Waals surface area contributed by atoms with Crippen LogP contribution < -0.4 is 5.32 Å². The zero-order chi connectivity index (χ0) is 19.6. The molecule has 0 radical (unpaired) electrons. The highest BCUT2D eigenvalue weighted by molar-refractivity contribution is 6.31. The van der Waals surface area contributed by atoms with Gasteiger partial charge in [-0.25, -0.2) is 0 Å². The van der Waals surface area contributed by atoms with Crippen molar-refractivity contribution in [1.82, 2.24) is 10.2 Å². The Morgan fingerprint density at radius 3 is 2.63 bits per heavy atom. The fourth-order valence-corrected chi connectivity index (χ4v) is 4.21. The Balaban J connectivity index is 1.66. The molecular formula is C22H27ClN2O2. The van der Waals surface area contributed by atoms with Crippen molar-refractivity contribution in [2.24, 2.45) is 0 Å². The van der Waals surface area contributed by atoms with Crippen molar-refractivity contribution in [3.05, 3.63) is 63.2 Å². The van der Waals surface area contributed by atoms with E-state index in [4.69, 9.17) is 11.6 Å². The second-order valence-corrected chi connectivity index (χ2v) is 8.00. The average molecular weight is 387 g/mol. The highest BCUT2D eigenvalue weighted by Gasteiger charge is 2.23. The number of nitrogens with zero attached hydrogens (tertiary/aromatic N) is 1. The number of aromatic hydroxyl groups is 1. The van der Waals surface area contributed by atoms with E-state index in [1.165, 1.54) is 5.56 Å². The number of phenolic OH excluding ortho intramolecular Hbond substituents is 1. The van der Waals surface area contributed by atoms with E-state index in [1.54, 1.807) is 18.2 Å². The summed E-state index contributed by atoms with van der Waals surface area (Å²) in [5.41, 5.74) is 4.91. The molecule has 1 atom stereocenters. The lowest BCUT2D eigenvalue weighted by Gasteiger charge is -2.33. The smallest absolute Gasteiger partial charge is 0.252 e. The number of nitrogens with one attached hydrogen (secondary N) is 1. The maximum atomic E-state index is 12.8. The van der Waals surface area contributed by atoms with Gasteiger partial charge in [0.2, 0.25) is 0 Å². The molecule has 2 N–H and O–H groups in total. The number of carbonyl (C=O) groups excluding carboxylic acids is 1. The Hall–Kier alpha value is -2.04. The van der Waals surface area contributed by atoms with Crippen LogP contribution in [0.4, 0.5) is 0 Å². The predicted molar refractivity (Wildman–Crippen MR) is 110 cm³/mol. The van der Waals surface area contributed by atoms with Gasteiger partial charge in [0.15, 0.2) is 0 Å². The number of carbonyl (C=O) groups is 1. The molecule has 1 aliphatic heterocycles. The summed E-state index contributed by atoms with van der Waals surface area (Å²) in [6.07, 6.45) is 1.99. The van der Waals surface area contributed by atoms with Crippen molar-refractivity contribution >= 4 is 17.5 Å². The molecule has 4 nitrogen and oxygen atoms in total. The Kier molecular flexibility index (Phi) is 6.08. The predicted octanol–water partition coefficient (Wildman–Crippen LogP) is 4.37. The Bertz CT molecular complexity index is 827. The first kappa shape index (κ1) is 19.7. The molecule has 3 rings (SSSR count). The highest BCUT2D eigenvalue weighted by atomic mass is 35.5. The first-order valence-corrected chi connectivity index (χ1v) is 9.79. The SMILES string of the molecule is Cc1cc(C)c(C(=O)N[C@H]2CCCN(Cc3cc(O)ccc3Cl)C2)c(C)c1. The van der Waals surface area contributed by atoms with Crippen LogP contribution >= 0.6 is 11.6 Å². The van der Waals surface area contributed by atoms with E-state index >= 15 is 0 Å². The van der Waals surface area contributed by atoms with Gasteiger partial charge in [0.25, 0.3) is 5.91 Å². The summed E-state index contributed by atoms with van der Waals surface area (Å²) in [4.78, 5) is 15.1. The van der Waals surface area contributed by atoms with Gasteiger partial charge in [0.1, 0.15) is 5.75 Å². The molecule has 1 amide bonds. The highest BCUT2D eigenvalue weighted by Crippen LogP contribution is 2.24. The van der Waals surface area contributed by atoms with E-state index in [2.05, 4.69) is 22.3 Å². The Morgan fingerprint density at radius 1 is 1.22 bits per heavy atom. The molecule has 0 aromatic heterocycles. The summed E-state index contributed by atoms with van der Waals surface area (Å²) in [7, 11) is 0. The van der Waals surface area contributed by atoms with Crippen molar-refractivity contribution in [2.45, 2.75) is 46.2 Å². The molecule has 2 aromatic rings. The van der Waals surface area contributed by atoms with E-state index in [1.807, 2.05) is 20.8 Å². The van der Waals surface area contributed by atoms with E-state index in [0.29, 0.717) is 11.6 Å². The zero-order valence-corrected chi connectivity index (χ0v) is 16.9. The third kappa shape index (κ3) is 4.82. The molecule has 0 unspecified atom stereocenters. The van der Waals surface area contributed by atoms with E-state index in [-0.39, 0.29) is 17.7 Å². The lowest BCUT2D eigenvalue weighted by atomic mass is 9.98. The van der Waals surface area contributed by atoms with Crippen molar-refractivity contribution in [3.8, 4) is 5.75 Å². The van der Waals surface area contributed by atoms with Crippen LogP contribution in [-0.4, -0.2) is 35.0 Å². The van der Waals surface area contributed by atoms with E-state index in [9.17, 15) is 9.90 Å². The normalized spacial score (nSPS) is 17.7. The largest absolute Gasteiger partial charge is 0.508 e. The fourth-order valence-electron chi connectivity index (χ4n) is 4.04. The molecule has 144 valence electrons. The molecule has 0 bridgehead atoms. The van der Waals surface area contributed by atoms with Crippen LogP contribution in [0.15, 0.2) is 30.3 Å². The average Bonchev–Trinajstić information content (AvgIpc) is 2.57. The van der Waals surface area contributed by atoms with Crippen LogP contribution in [0.5, 0.6) is 5.75 Å². The van der Waals surface area contributed by atoms with Gasteiger partial charge in [0.05, 0.1) is 0 Å². The minimum absolute atomic E-state index is 0.00670. The molecule has 5 heteroatoms. The van der Waals surface area contributed by atoms with Crippen molar-refractivity contribution in [1.29, 1.82) is 0 Å². The quantitative estimate of drug-likeness (QED) is 0.820. The summed E-state index contributed by atoms with van der Waals surface area (Å²) >= 11 is 6.26. The van der Waals surface area contributed by atoms with Gasteiger partial charge in [-0.05, 0) is 75.0 Å². The third-order valence-corrected chi connectivity index (χ3v) is 5.54. The van der Waals surface area contributed by atoms with Gasteiger partial charge in [-0.2, -0.15) is 0 Å². The number of phenols is 1. The van der Waals surface area contributed by atoms with Gasteiger partial charge in [0, 0.05) is 29.7 Å². The number of hydrogen-bond acceptors (Lipinski definition) is 3. The lowest BCUT2D eigenvalue weighted by Crippen LogP contribution is -2.47. The molecule has 1 saturated heterocycles. The summed E-state index contributed by atoms with van der Waals surface area (Å²) in [6, 6.07) is 9.25. The maximum absolute atomic E-state index is 12.8. The van der Waals surface area contributed by atoms with Crippen molar-refractivity contribution in [3.63, 3.8) is 0 Å². The number of benzene rings is 2. The fraction of sp³-hybridized carbons (Fsp3) is 0.409. The van der Waals surface area contributed by atoms with Gasteiger partial charge < -0.3 is 10.4 Å². The molecule has 27 heavy (non-hydrogen) atoms. The first-order valence-electron chi connectivity index (χ1n) is 9.42. The number of piperidine rings is 1. The van der Waals surface area contributed by atoms with Crippen LogP contribution in [0.3, 0.4) is 0 Å². The minimum Gasteiger partial charge on any atom is -0.508 e. The van der Waals surface area contributed by atoms with Crippen LogP contribution in [0, 0.1) is 20.8 Å². The Labute approximate surface area is 166 Å². The topological polar surface area (TPSA) is 52.6 Å². The van der Waals surface area contributed by atoms with Crippen molar-refractivity contribution in [2.75, 3.05) is 13.1 Å².